The van der Waals surface area contributed by atoms with Crippen LogP contribution >= 0.6 is 0 Å². The highest BCUT2D eigenvalue weighted by Gasteiger charge is 2.16. The molecule has 0 saturated heterocycles. The van der Waals surface area contributed by atoms with Crippen LogP contribution in [0.2, 0.25) is 0 Å². The third kappa shape index (κ3) is 3.25. The zero-order valence-corrected chi connectivity index (χ0v) is 11.8. The average Bonchev–Trinajstić information content (AvgIpc) is 2.27. The lowest BCUT2D eigenvalue weighted by Crippen LogP contribution is -2.12. The summed E-state index contributed by atoms with van der Waals surface area (Å²) in [5.41, 5.74) is 3.27. The quantitative estimate of drug-likeness (QED) is 0.871. The van der Waals surface area contributed by atoms with E-state index in [0.717, 1.165) is 22.4 Å². The fourth-order valence-electron chi connectivity index (χ4n) is 2.14. The lowest BCUT2D eigenvalue weighted by atomic mass is 9.92. The van der Waals surface area contributed by atoms with E-state index in [0.29, 0.717) is 12.3 Å². The number of methoxy groups -OCH3 is 1. The lowest BCUT2D eigenvalue weighted by molar-refractivity contribution is -0.141. The van der Waals surface area contributed by atoms with Crippen molar-refractivity contribution in [1.29, 1.82) is 0 Å². The monoisotopic (exact) mass is 250 g/mol. The summed E-state index contributed by atoms with van der Waals surface area (Å²) < 4.78 is 5.43. The summed E-state index contributed by atoms with van der Waals surface area (Å²) in [6.45, 7) is 7.96. The molecule has 1 aromatic carbocycles. The zero-order chi connectivity index (χ0) is 13.9. The number of carbonyl (C=O) groups is 1. The third-order valence-electron chi connectivity index (χ3n) is 3.15. The van der Waals surface area contributed by atoms with Gasteiger partial charge in [0.25, 0.3) is 0 Å². The molecule has 0 amide bonds. The Bertz CT molecular complexity index is 436. The average molecular weight is 250 g/mol. The van der Waals surface area contributed by atoms with E-state index < -0.39 is 5.97 Å². The molecule has 1 aromatic rings. The van der Waals surface area contributed by atoms with Crippen LogP contribution in [0.25, 0.3) is 0 Å². The molecular formula is C15H22O3. The van der Waals surface area contributed by atoms with E-state index in [-0.39, 0.29) is 5.92 Å². The van der Waals surface area contributed by atoms with Crippen LogP contribution in [0.15, 0.2) is 12.1 Å². The molecule has 0 heterocycles. The Morgan fingerprint density at radius 2 is 1.94 bits per heavy atom. The molecule has 0 aliphatic rings. The summed E-state index contributed by atoms with van der Waals surface area (Å²) >= 11 is 0. The molecule has 0 spiro atoms. The summed E-state index contributed by atoms with van der Waals surface area (Å²) in [5.74, 6) is 0.155. The van der Waals surface area contributed by atoms with Crippen molar-refractivity contribution >= 4 is 5.97 Å². The number of rotatable bonds is 5. The van der Waals surface area contributed by atoms with Crippen LogP contribution in [0.3, 0.4) is 0 Å². The van der Waals surface area contributed by atoms with E-state index in [2.05, 4.69) is 19.9 Å². The van der Waals surface area contributed by atoms with Crippen molar-refractivity contribution in [3.8, 4) is 5.75 Å². The van der Waals surface area contributed by atoms with Gasteiger partial charge in [-0.2, -0.15) is 0 Å². The molecule has 0 radical (unpaired) electrons. The normalized spacial score (nSPS) is 12.6. The van der Waals surface area contributed by atoms with Crippen LogP contribution in [-0.4, -0.2) is 18.2 Å². The molecule has 3 heteroatoms. The van der Waals surface area contributed by atoms with Gasteiger partial charge in [-0.05, 0) is 36.0 Å². The standard InChI is InChI=1S/C15H22O3/c1-9(2)13-8-12(7-11(4)15(16)17)6-10(3)14(13)18-5/h6,8-9,11H,7H2,1-5H3,(H,16,17). The molecule has 0 aliphatic carbocycles. The Labute approximate surface area is 109 Å². The number of aryl methyl sites for hydroxylation is 1. The Balaban J connectivity index is 3.12. The van der Waals surface area contributed by atoms with Gasteiger partial charge < -0.3 is 9.84 Å². The molecule has 100 valence electrons. The van der Waals surface area contributed by atoms with Crippen molar-refractivity contribution in [2.75, 3.05) is 7.11 Å². The number of aliphatic carboxylic acids is 1. The minimum atomic E-state index is -0.755. The highest BCUT2D eigenvalue weighted by atomic mass is 16.5. The van der Waals surface area contributed by atoms with Gasteiger partial charge in [0.2, 0.25) is 0 Å². The largest absolute Gasteiger partial charge is 0.496 e. The van der Waals surface area contributed by atoms with E-state index in [1.54, 1.807) is 14.0 Å². The maximum absolute atomic E-state index is 10.9. The van der Waals surface area contributed by atoms with Crippen molar-refractivity contribution in [3.63, 3.8) is 0 Å². The zero-order valence-electron chi connectivity index (χ0n) is 11.8. The second kappa shape index (κ2) is 5.89. The molecule has 1 rings (SSSR count). The van der Waals surface area contributed by atoms with Gasteiger partial charge in [0.15, 0.2) is 0 Å². The summed E-state index contributed by atoms with van der Waals surface area (Å²) in [7, 11) is 1.67. The van der Waals surface area contributed by atoms with Gasteiger partial charge in [0, 0.05) is 0 Å². The van der Waals surface area contributed by atoms with Gasteiger partial charge in [-0.1, -0.05) is 32.9 Å². The Hall–Kier alpha value is -1.51. The number of benzene rings is 1. The van der Waals surface area contributed by atoms with E-state index >= 15 is 0 Å². The molecule has 0 fully saturated rings. The Morgan fingerprint density at radius 3 is 2.39 bits per heavy atom. The topological polar surface area (TPSA) is 46.5 Å². The predicted molar refractivity (Wildman–Crippen MR) is 72.3 cm³/mol. The summed E-state index contributed by atoms with van der Waals surface area (Å²) in [6, 6.07) is 4.08. The van der Waals surface area contributed by atoms with Gasteiger partial charge >= 0.3 is 5.97 Å². The molecule has 18 heavy (non-hydrogen) atoms. The van der Waals surface area contributed by atoms with Gasteiger partial charge in [-0.25, -0.2) is 0 Å². The number of hydrogen-bond acceptors (Lipinski definition) is 2. The van der Waals surface area contributed by atoms with E-state index in [1.807, 2.05) is 13.0 Å². The van der Waals surface area contributed by atoms with Gasteiger partial charge in [0.05, 0.1) is 13.0 Å². The smallest absolute Gasteiger partial charge is 0.306 e. The van der Waals surface area contributed by atoms with Crippen LogP contribution in [-0.2, 0) is 11.2 Å². The van der Waals surface area contributed by atoms with Crippen molar-refractivity contribution in [2.45, 2.75) is 40.0 Å². The summed E-state index contributed by atoms with van der Waals surface area (Å²) in [6.07, 6.45) is 0.555. The summed E-state index contributed by atoms with van der Waals surface area (Å²) in [5, 5.41) is 8.97. The molecule has 3 nitrogen and oxygen atoms in total. The fourth-order valence-corrected chi connectivity index (χ4v) is 2.14. The van der Waals surface area contributed by atoms with Crippen LogP contribution < -0.4 is 4.74 Å². The Kier molecular flexibility index (Phi) is 4.76. The maximum atomic E-state index is 10.9. The number of hydrogen-bond donors (Lipinski definition) is 1. The van der Waals surface area contributed by atoms with Gasteiger partial charge in [0.1, 0.15) is 5.75 Å². The van der Waals surface area contributed by atoms with Crippen molar-refractivity contribution in [2.24, 2.45) is 5.92 Å². The molecule has 0 saturated carbocycles. The van der Waals surface area contributed by atoms with Gasteiger partial charge in [-0.3, -0.25) is 4.79 Å². The summed E-state index contributed by atoms with van der Waals surface area (Å²) in [4.78, 5) is 10.9. The van der Waals surface area contributed by atoms with Crippen LogP contribution in [0.4, 0.5) is 0 Å². The highest BCUT2D eigenvalue weighted by molar-refractivity contribution is 5.70. The number of carboxylic acid groups (broad SMARTS) is 1. The third-order valence-corrected chi connectivity index (χ3v) is 3.15. The first-order valence-electron chi connectivity index (χ1n) is 6.27. The molecule has 1 atom stereocenters. The maximum Gasteiger partial charge on any atom is 0.306 e. The number of carboxylic acids is 1. The van der Waals surface area contributed by atoms with Crippen LogP contribution in [0.1, 0.15) is 43.4 Å². The number of ether oxygens (including phenoxy) is 1. The first-order valence-corrected chi connectivity index (χ1v) is 6.27. The van der Waals surface area contributed by atoms with Crippen LogP contribution in [0, 0.1) is 12.8 Å². The molecule has 0 aliphatic heterocycles. The SMILES string of the molecule is COc1c(C)cc(CC(C)C(=O)O)cc1C(C)C. The molecule has 0 aromatic heterocycles. The molecule has 0 bridgehead atoms. The fraction of sp³-hybridized carbons (Fsp3) is 0.533. The molecular weight excluding hydrogens is 228 g/mol. The van der Waals surface area contributed by atoms with Crippen molar-refractivity contribution < 1.29 is 14.6 Å². The minimum Gasteiger partial charge on any atom is -0.496 e. The highest BCUT2D eigenvalue weighted by Crippen LogP contribution is 2.31. The molecule has 1 N–H and O–H groups in total. The van der Waals surface area contributed by atoms with E-state index in [9.17, 15) is 4.79 Å². The van der Waals surface area contributed by atoms with E-state index in [4.69, 9.17) is 9.84 Å². The second-order valence-corrected chi connectivity index (χ2v) is 5.13. The minimum absolute atomic E-state index is 0.360. The predicted octanol–water partition coefficient (Wildman–Crippen LogP) is 3.39. The first kappa shape index (κ1) is 14.6. The second-order valence-electron chi connectivity index (χ2n) is 5.13. The Morgan fingerprint density at radius 1 is 1.33 bits per heavy atom. The van der Waals surface area contributed by atoms with Crippen molar-refractivity contribution in [1.82, 2.24) is 0 Å². The lowest BCUT2D eigenvalue weighted by Gasteiger charge is -2.17. The van der Waals surface area contributed by atoms with Crippen molar-refractivity contribution in [3.05, 3.63) is 28.8 Å². The van der Waals surface area contributed by atoms with Gasteiger partial charge in [-0.15, -0.1) is 0 Å². The molecule has 1 unspecified atom stereocenters. The van der Waals surface area contributed by atoms with Crippen LogP contribution in [0.5, 0.6) is 5.75 Å². The first-order chi connectivity index (χ1) is 8.36. The van der Waals surface area contributed by atoms with E-state index in [1.165, 1.54) is 0 Å².